The minimum Gasteiger partial charge on any atom is -0.327 e. The summed E-state index contributed by atoms with van der Waals surface area (Å²) in [5, 5.41) is 5.15. The topological polar surface area (TPSA) is 63.4 Å². The number of aryl methyl sites for hydroxylation is 2. The van der Waals surface area contributed by atoms with E-state index in [2.05, 4.69) is 15.1 Å². The van der Waals surface area contributed by atoms with Gasteiger partial charge >= 0.3 is 0 Å². The van der Waals surface area contributed by atoms with E-state index in [1.807, 2.05) is 50.2 Å². The summed E-state index contributed by atoms with van der Waals surface area (Å²) in [6, 6.07) is 18.7. The van der Waals surface area contributed by atoms with Crippen LogP contribution in [0.2, 0.25) is 5.02 Å². The second-order valence-corrected chi connectivity index (χ2v) is 7.37. The molecule has 29 heavy (non-hydrogen) atoms. The molecule has 0 atom stereocenters. The van der Waals surface area contributed by atoms with E-state index in [1.165, 1.54) is 0 Å². The maximum absolute atomic E-state index is 13.2. The summed E-state index contributed by atoms with van der Waals surface area (Å²) in [5.74, 6) is 0.978. The fraction of sp³-hybridized carbons (Fsp3) is 0.182. The lowest BCUT2D eigenvalue weighted by molar-refractivity contribution is 0.0725. The van der Waals surface area contributed by atoms with Crippen molar-refractivity contribution < 1.29 is 4.79 Å². The summed E-state index contributed by atoms with van der Waals surface area (Å²) in [6.45, 7) is 4.61. The Balaban J connectivity index is 1.67. The molecule has 0 saturated carbocycles. The number of nitrogens with zero attached hydrogens (tertiary/aromatic N) is 5. The number of hydrogen-bond acceptors (Lipinski definition) is 4. The molecule has 4 rings (SSSR count). The van der Waals surface area contributed by atoms with E-state index >= 15 is 0 Å². The second kappa shape index (κ2) is 8.01. The zero-order chi connectivity index (χ0) is 20.4. The van der Waals surface area contributed by atoms with Crippen LogP contribution in [0.15, 0.2) is 60.7 Å². The van der Waals surface area contributed by atoms with Gasteiger partial charge in [-0.2, -0.15) is 4.98 Å². The van der Waals surface area contributed by atoms with Crippen LogP contribution < -0.4 is 0 Å². The molecule has 2 aromatic carbocycles. The fourth-order valence-electron chi connectivity index (χ4n) is 3.22. The summed E-state index contributed by atoms with van der Waals surface area (Å²) in [5.41, 5.74) is 3.43. The van der Waals surface area contributed by atoms with Crippen LogP contribution in [-0.2, 0) is 13.1 Å². The second-order valence-electron chi connectivity index (χ2n) is 6.93. The summed E-state index contributed by atoms with van der Waals surface area (Å²) < 4.78 is 1.70. The predicted molar refractivity (Wildman–Crippen MR) is 112 cm³/mol. The zero-order valence-electron chi connectivity index (χ0n) is 16.2. The molecule has 4 aromatic rings. The smallest absolute Gasteiger partial charge is 0.254 e. The molecule has 0 fully saturated rings. The van der Waals surface area contributed by atoms with Crippen molar-refractivity contribution in [2.75, 3.05) is 0 Å². The van der Waals surface area contributed by atoms with Crippen molar-refractivity contribution in [2.24, 2.45) is 0 Å². The monoisotopic (exact) mass is 405 g/mol. The minimum absolute atomic E-state index is 0.106. The number of benzene rings is 2. The van der Waals surface area contributed by atoms with Crippen LogP contribution in [0.25, 0.3) is 5.78 Å². The van der Waals surface area contributed by atoms with Crippen LogP contribution in [0.4, 0.5) is 0 Å². The molecule has 0 bridgehead atoms. The first-order valence-electron chi connectivity index (χ1n) is 9.28. The highest BCUT2D eigenvalue weighted by Crippen LogP contribution is 2.16. The zero-order valence-corrected chi connectivity index (χ0v) is 17.0. The lowest BCUT2D eigenvalue weighted by Gasteiger charge is -2.21. The van der Waals surface area contributed by atoms with E-state index in [-0.39, 0.29) is 12.5 Å². The van der Waals surface area contributed by atoms with Gasteiger partial charge in [-0.15, -0.1) is 5.10 Å². The highest BCUT2D eigenvalue weighted by Gasteiger charge is 2.19. The van der Waals surface area contributed by atoms with Gasteiger partial charge in [0.05, 0.1) is 6.54 Å². The lowest BCUT2D eigenvalue weighted by atomic mass is 10.1. The first-order chi connectivity index (χ1) is 14.0. The quantitative estimate of drug-likeness (QED) is 0.498. The Morgan fingerprint density at radius 2 is 1.72 bits per heavy atom. The molecule has 0 aliphatic carbocycles. The summed E-state index contributed by atoms with van der Waals surface area (Å²) in [4.78, 5) is 23.9. The Hall–Kier alpha value is -3.25. The highest BCUT2D eigenvalue weighted by molar-refractivity contribution is 6.30. The van der Waals surface area contributed by atoms with Crippen molar-refractivity contribution in [3.05, 3.63) is 94.0 Å². The van der Waals surface area contributed by atoms with Gasteiger partial charge in [0.2, 0.25) is 0 Å². The van der Waals surface area contributed by atoms with E-state index in [0.29, 0.717) is 28.7 Å². The van der Waals surface area contributed by atoms with Crippen LogP contribution >= 0.6 is 11.6 Å². The van der Waals surface area contributed by atoms with E-state index < -0.39 is 0 Å². The van der Waals surface area contributed by atoms with Crippen LogP contribution in [0.5, 0.6) is 0 Å². The molecule has 6 nitrogen and oxygen atoms in total. The first-order valence-corrected chi connectivity index (χ1v) is 9.66. The van der Waals surface area contributed by atoms with Crippen LogP contribution in [0, 0.1) is 13.8 Å². The third-order valence-corrected chi connectivity index (χ3v) is 4.84. The Bertz CT molecular complexity index is 1160. The van der Waals surface area contributed by atoms with Gasteiger partial charge < -0.3 is 4.90 Å². The number of rotatable bonds is 5. The lowest BCUT2D eigenvalue weighted by Crippen LogP contribution is -2.30. The normalized spacial score (nSPS) is 11.0. The van der Waals surface area contributed by atoms with Crippen molar-refractivity contribution in [3.8, 4) is 0 Å². The predicted octanol–water partition coefficient (Wildman–Crippen LogP) is 4.24. The molecule has 1 amide bonds. The molecular weight excluding hydrogens is 386 g/mol. The SMILES string of the molecule is Cc1cc(C)n2nc(CN(Cc3ccccc3)C(=O)c3ccc(Cl)cc3)nc2n1. The van der Waals surface area contributed by atoms with Crippen molar-refractivity contribution in [3.63, 3.8) is 0 Å². The highest BCUT2D eigenvalue weighted by atomic mass is 35.5. The molecule has 0 unspecified atom stereocenters. The molecule has 0 radical (unpaired) electrons. The molecule has 7 heteroatoms. The summed E-state index contributed by atoms with van der Waals surface area (Å²) in [6.07, 6.45) is 0. The molecule has 2 aromatic heterocycles. The number of carbonyl (C=O) groups excluding carboxylic acids is 1. The maximum atomic E-state index is 13.2. The number of carbonyl (C=O) groups is 1. The number of amides is 1. The average Bonchev–Trinajstić information content (AvgIpc) is 3.11. The van der Waals surface area contributed by atoms with Gasteiger partial charge in [0.15, 0.2) is 5.82 Å². The van der Waals surface area contributed by atoms with E-state index in [0.717, 1.165) is 17.0 Å². The Kier molecular flexibility index (Phi) is 5.27. The largest absolute Gasteiger partial charge is 0.327 e. The van der Waals surface area contributed by atoms with Crippen molar-refractivity contribution in [2.45, 2.75) is 26.9 Å². The van der Waals surface area contributed by atoms with Gasteiger partial charge in [0, 0.05) is 28.5 Å². The van der Waals surface area contributed by atoms with E-state index in [9.17, 15) is 4.79 Å². The van der Waals surface area contributed by atoms with Gasteiger partial charge in [-0.05, 0) is 49.7 Å². The minimum atomic E-state index is -0.106. The standard InChI is InChI=1S/C22H20ClN5O/c1-15-12-16(2)28-22(24-15)25-20(26-28)14-27(13-17-6-4-3-5-7-17)21(29)18-8-10-19(23)11-9-18/h3-12H,13-14H2,1-2H3. The molecule has 0 saturated heterocycles. The van der Waals surface area contributed by atoms with Crippen LogP contribution in [0.3, 0.4) is 0 Å². The van der Waals surface area contributed by atoms with E-state index in [4.69, 9.17) is 11.6 Å². The molecular formula is C22H20ClN5O. The summed E-state index contributed by atoms with van der Waals surface area (Å²) >= 11 is 5.97. The fourth-order valence-corrected chi connectivity index (χ4v) is 3.35. The molecule has 0 spiro atoms. The third kappa shape index (κ3) is 4.27. The van der Waals surface area contributed by atoms with Crippen molar-refractivity contribution >= 4 is 23.3 Å². The summed E-state index contributed by atoms with van der Waals surface area (Å²) in [7, 11) is 0. The van der Waals surface area contributed by atoms with Gasteiger partial charge in [0.1, 0.15) is 0 Å². The van der Waals surface area contributed by atoms with Gasteiger partial charge in [0.25, 0.3) is 11.7 Å². The molecule has 2 heterocycles. The molecule has 0 aliphatic rings. The molecule has 0 N–H and O–H groups in total. The van der Waals surface area contributed by atoms with Crippen molar-refractivity contribution in [1.29, 1.82) is 0 Å². The van der Waals surface area contributed by atoms with Crippen LogP contribution in [-0.4, -0.2) is 30.4 Å². The van der Waals surface area contributed by atoms with Gasteiger partial charge in [-0.3, -0.25) is 4.79 Å². The number of fused-ring (bicyclic) bond motifs is 1. The molecule has 146 valence electrons. The van der Waals surface area contributed by atoms with Gasteiger partial charge in [-0.25, -0.2) is 9.50 Å². The third-order valence-electron chi connectivity index (χ3n) is 4.59. The first kappa shape index (κ1) is 19.1. The van der Waals surface area contributed by atoms with E-state index in [1.54, 1.807) is 33.7 Å². The average molecular weight is 406 g/mol. The Labute approximate surface area is 173 Å². The number of aromatic nitrogens is 4. The number of hydrogen-bond donors (Lipinski definition) is 0. The maximum Gasteiger partial charge on any atom is 0.254 e. The van der Waals surface area contributed by atoms with Gasteiger partial charge in [-0.1, -0.05) is 41.9 Å². The van der Waals surface area contributed by atoms with Crippen molar-refractivity contribution in [1.82, 2.24) is 24.5 Å². The number of halogens is 1. The Morgan fingerprint density at radius 3 is 2.45 bits per heavy atom. The van der Waals surface area contributed by atoms with Crippen LogP contribution in [0.1, 0.15) is 33.1 Å². The molecule has 0 aliphatic heterocycles. The Morgan fingerprint density at radius 1 is 1.00 bits per heavy atom.